The summed E-state index contributed by atoms with van der Waals surface area (Å²) in [5, 5.41) is 22.6. The number of fused-ring (bicyclic) bond motifs is 6. The summed E-state index contributed by atoms with van der Waals surface area (Å²) in [5.74, 6) is 2.08. The van der Waals surface area contributed by atoms with Crippen LogP contribution < -0.4 is 5.32 Å². The average molecular weight is 892 g/mol. The summed E-state index contributed by atoms with van der Waals surface area (Å²) in [6, 6.07) is 28.3. The number of carbonyl (C=O) groups excluding carboxylic acids is 2. The summed E-state index contributed by atoms with van der Waals surface area (Å²) in [6.07, 6.45) is 5.45. The molecule has 13 nitrogen and oxygen atoms in total. The molecule has 0 aliphatic carbocycles. The van der Waals surface area contributed by atoms with E-state index in [-0.39, 0.29) is 24.7 Å². The van der Waals surface area contributed by atoms with Gasteiger partial charge in [-0.15, -0.1) is 31.7 Å². The van der Waals surface area contributed by atoms with Gasteiger partial charge in [0.2, 0.25) is 5.91 Å². The summed E-state index contributed by atoms with van der Waals surface area (Å²) in [5.41, 5.74) is 7.41. The van der Waals surface area contributed by atoms with Crippen molar-refractivity contribution >= 4 is 46.2 Å². The van der Waals surface area contributed by atoms with Crippen molar-refractivity contribution in [3.63, 3.8) is 0 Å². The molecule has 7 aromatic rings. The maximum absolute atomic E-state index is 14.0. The first-order valence-electron chi connectivity index (χ1n) is 21.3. The van der Waals surface area contributed by atoms with Crippen molar-refractivity contribution in [3.8, 4) is 10.7 Å². The smallest absolute Gasteiger partial charge is 0.308 e. The number of nitrogens with zero attached hydrogens (tertiary/aromatic N) is 9. The maximum atomic E-state index is 14.0. The zero-order chi connectivity index (χ0) is 44.5. The van der Waals surface area contributed by atoms with Gasteiger partial charge >= 0.3 is 5.97 Å². The number of para-hydroxylation sites is 1. The fourth-order valence-corrected chi connectivity index (χ4v) is 9.91. The highest BCUT2D eigenvalue weighted by atomic mass is 35.5. The van der Waals surface area contributed by atoms with E-state index in [1.54, 1.807) is 23.7 Å². The van der Waals surface area contributed by atoms with Crippen molar-refractivity contribution in [2.75, 3.05) is 6.54 Å². The summed E-state index contributed by atoms with van der Waals surface area (Å²) in [6.45, 7) is 10.3. The summed E-state index contributed by atoms with van der Waals surface area (Å²) < 4.78 is 10.3. The van der Waals surface area contributed by atoms with E-state index in [4.69, 9.17) is 26.3 Å². The number of benzene rings is 3. The molecule has 4 aromatic heterocycles. The number of hydrogen-bond donors (Lipinski definition) is 1. The number of rotatable bonds is 13. The lowest BCUT2D eigenvalue weighted by Crippen LogP contribution is -2.29. The maximum Gasteiger partial charge on any atom is 0.308 e. The van der Waals surface area contributed by atoms with E-state index in [9.17, 15) is 9.59 Å². The van der Waals surface area contributed by atoms with E-state index in [2.05, 4.69) is 37.6 Å². The standard InChI is InChI=1S/C49H47ClN10O3S/c1-29-40(21-23-49(4,5)63-42(62)27-38-46-57-55-30(2)59(46)39-16-10-9-15-36(39)44(53-38)33-13-7-6-8-14-33)64-48-43(29)45(34-17-19-35(50)20-18-34)54-37(47-58-56-31(3)60(47)48)26-41(61)52-25-22-32-12-11-24-51-28-32/h6-20,24,28,37-38H,21-23,25-27H2,1-5H3,(H,52,61). The number of hydrogen-bond acceptors (Lipinski definition) is 11. The number of aryl methyl sites for hydroxylation is 3. The largest absolute Gasteiger partial charge is 0.460 e. The van der Waals surface area contributed by atoms with Crippen LogP contribution in [-0.2, 0) is 27.2 Å². The van der Waals surface area contributed by atoms with Gasteiger partial charge in [0.05, 0.1) is 30.0 Å². The molecule has 15 heteroatoms. The number of pyridine rings is 1. The Balaban J connectivity index is 0.965. The Morgan fingerprint density at radius 2 is 1.44 bits per heavy atom. The number of aromatic nitrogens is 7. The van der Waals surface area contributed by atoms with E-state index in [1.807, 2.05) is 128 Å². The lowest BCUT2D eigenvalue weighted by atomic mass is 9.96. The molecule has 0 fully saturated rings. The van der Waals surface area contributed by atoms with Crippen LogP contribution in [0.15, 0.2) is 113 Å². The molecule has 1 amide bonds. The first-order valence-corrected chi connectivity index (χ1v) is 22.5. The highest BCUT2D eigenvalue weighted by Crippen LogP contribution is 2.41. The zero-order valence-corrected chi connectivity index (χ0v) is 37.8. The van der Waals surface area contributed by atoms with Crippen molar-refractivity contribution in [3.05, 3.63) is 170 Å². The molecule has 1 N–H and O–H groups in total. The second-order valence-corrected chi connectivity index (χ2v) is 18.2. The SMILES string of the molecule is Cc1c(CCC(C)(C)OC(=O)CC2N=C(c3ccccc3)c3ccccc3-n3c(C)nnc32)sc2c1C(c1ccc(Cl)cc1)=NC(CC(=O)NCCc1cccnc1)c1nnc(C)n1-2. The van der Waals surface area contributed by atoms with Gasteiger partial charge in [0, 0.05) is 51.1 Å². The van der Waals surface area contributed by atoms with E-state index < -0.39 is 17.7 Å². The zero-order valence-electron chi connectivity index (χ0n) is 36.2. The van der Waals surface area contributed by atoms with Crippen LogP contribution in [-0.4, -0.2) is 70.0 Å². The third kappa shape index (κ3) is 8.67. The Morgan fingerprint density at radius 1 is 0.766 bits per heavy atom. The lowest BCUT2D eigenvalue weighted by molar-refractivity contribution is -0.157. The number of aliphatic imine (C=N–C) groups is 2. The second-order valence-electron chi connectivity index (χ2n) is 16.7. The van der Waals surface area contributed by atoms with Gasteiger partial charge in [0.15, 0.2) is 11.6 Å². The monoisotopic (exact) mass is 890 g/mol. The predicted molar refractivity (Wildman–Crippen MR) is 248 cm³/mol. The van der Waals surface area contributed by atoms with Crippen LogP contribution in [0.1, 0.15) is 107 Å². The normalized spacial score (nSPS) is 15.4. The summed E-state index contributed by atoms with van der Waals surface area (Å²) in [7, 11) is 0. The van der Waals surface area contributed by atoms with Gasteiger partial charge in [0.25, 0.3) is 0 Å². The van der Waals surface area contributed by atoms with Crippen LogP contribution in [0.25, 0.3) is 10.7 Å². The number of amides is 1. The van der Waals surface area contributed by atoms with Crippen LogP contribution in [0, 0.1) is 20.8 Å². The Bertz CT molecular complexity index is 2920. The summed E-state index contributed by atoms with van der Waals surface area (Å²) in [4.78, 5) is 43.3. The van der Waals surface area contributed by atoms with Crippen molar-refractivity contribution in [2.45, 2.75) is 84.4 Å². The van der Waals surface area contributed by atoms with E-state index >= 15 is 0 Å². The number of thiophene rings is 1. The molecule has 9 rings (SSSR count). The van der Waals surface area contributed by atoms with Gasteiger partial charge in [-0.25, -0.2) is 0 Å². The van der Waals surface area contributed by atoms with Gasteiger partial charge in [-0.2, -0.15) is 0 Å². The van der Waals surface area contributed by atoms with Gasteiger partial charge in [0.1, 0.15) is 34.3 Å². The van der Waals surface area contributed by atoms with Gasteiger partial charge in [-0.3, -0.25) is 33.7 Å². The molecule has 2 aliphatic heterocycles. The molecule has 0 saturated heterocycles. The highest BCUT2D eigenvalue weighted by molar-refractivity contribution is 7.15. The molecule has 2 aliphatic rings. The molecule has 2 unspecified atom stereocenters. The van der Waals surface area contributed by atoms with Crippen LogP contribution in [0.3, 0.4) is 0 Å². The molecular weight excluding hydrogens is 844 g/mol. The number of halogens is 1. The van der Waals surface area contributed by atoms with Crippen molar-refractivity contribution in [1.82, 2.24) is 39.8 Å². The van der Waals surface area contributed by atoms with E-state index in [1.165, 1.54) is 0 Å². The van der Waals surface area contributed by atoms with Crippen molar-refractivity contribution in [1.29, 1.82) is 0 Å². The fraction of sp³-hybridized carbons (Fsp3) is 0.286. The van der Waals surface area contributed by atoms with E-state index in [0.717, 1.165) is 60.4 Å². The summed E-state index contributed by atoms with van der Waals surface area (Å²) >= 11 is 8.02. The molecule has 0 radical (unpaired) electrons. The number of ether oxygens (including phenoxy) is 1. The molecule has 0 spiro atoms. The average Bonchev–Trinajstić information content (AvgIpc) is 3.91. The molecule has 324 valence electrons. The lowest BCUT2D eigenvalue weighted by Gasteiger charge is -2.26. The number of esters is 1. The number of nitrogens with one attached hydrogen (secondary N) is 1. The first kappa shape index (κ1) is 42.7. The molecule has 0 bridgehead atoms. The first-order chi connectivity index (χ1) is 30.9. The second kappa shape index (κ2) is 17.9. The third-order valence-corrected chi connectivity index (χ3v) is 13.2. The Morgan fingerprint density at radius 3 is 2.19 bits per heavy atom. The van der Waals surface area contributed by atoms with Crippen LogP contribution >= 0.6 is 22.9 Å². The Kier molecular flexibility index (Phi) is 11.9. The fourth-order valence-electron chi connectivity index (χ4n) is 8.43. The van der Waals surface area contributed by atoms with Gasteiger partial charge in [-0.1, -0.05) is 78.3 Å². The highest BCUT2D eigenvalue weighted by Gasteiger charge is 2.35. The van der Waals surface area contributed by atoms with Crippen molar-refractivity contribution in [2.24, 2.45) is 9.98 Å². The van der Waals surface area contributed by atoms with E-state index in [0.29, 0.717) is 54.1 Å². The molecule has 3 aromatic carbocycles. The minimum Gasteiger partial charge on any atom is -0.460 e. The molecular formula is C49H47ClN10O3S. The minimum atomic E-state index is -0.825. The Labute approximate surface area is 380 Å². The van der Waals surface area contributed by atoms with Crippen LogP contribution in [0.5, 0.6) is 0 Å². The van der Waals surface area contributed by atoms with Crippen molar-refractivity contribution < 1.29 is 14.3 Å². The molecule has 0 saturated carbocycles. The van der Waals surface area contributed by atoms with Crippen LogP contribution in [0.4, 0.5) is 0 Å². The predicted octanol–water partition coefficient (Wildman–Crippen LogP) is 8.76. The molecule has 2 atom stereocenters. The minimum absolute atomic E-state index is 0.0154. The van der Waals surface area contributed by atoms with Gasteiger partial charge < -0.3 is 10.1 Å². The van der Waals surface area contributed by atoms with Gasteiger partial charge in [-0.05, 0) is 89.3 Å². The topological polar surface area (TPSA) is 154 Å². The molecule has 6 heterocycles. The Hall–Kier alpha value is -6.64. The third-order valence-electron chi connectivity index (χ3n) is 11.6. The van der Waals surface area contributed by atoms with Crippen LogP contribution in [0.2, 0.25) is 5.02 Å². The molecule has 64 heavy (non-hydrogen) atoms. The quantitative estimate of drug-likeness (QED) is 0.113. The number of carbonyl (C=O) groups is 2.